The van der Waals surface area contributed by atoms with E-state index in [0.29, 0.717) is 46.0 Å². The van der Waals surface area contributed by atoms with Crippen LogP contribution in [-0.2, 0) is 112 Å². The Kier molecular flexibility index (Phi) is 41.7. The Hall–Kier alpha value is -12.9. The van der Waals surface area contributed by atoms with E-state index >= 15 is 19.2 Å². The van der Waals surface area contributed by atoms with Crippen LogP contribution in [0.2, 0.25) is 0 Å². The van der Waals surface area contributed by atoms with Crippen molar-refractivity contribution in [3.05, 3.63) is 132 Å². The van der Waals surface area contributed by atoms with Crippen LogP contribution < -0.4 is 85.9 Å². The van der Waals surface area contributed by atoms with E-state index in [9.17, 15) is 92.7 Å². The zero-order valence-electron chi connectivity index (χ0n) is 70.2. The number of hydrogen-bond acceptors (Lipinski definition) is 25. The first-order valence-electron chi connectivity index (χ1n) is 40.9. The van der Waals surface area contributed by atoms with E-state index in [1.165, 1.54) is 82.4 Å². The van der Waals surface area contributed by atoms with Gasteiger partial charge in [-0.1, -0.05) is 86.6 Å². The van der Waals surface area contributed by atoms with Crippen molar-refractivity contribution in [2.75, 3.05) is 44.3 Å². The van der Waals surface area contributed by atoms with Crippen molar-refractivity contribution in [2.45, 2.75) is 196 Å². The van der Waals surface area contributed by atoms with Crippen molar-refractivity contribution in [1.29, 1.82) is 0 Å². The summed E-state index contributed by atoms with van der Waals surface area (Å²) in [7, 11) is 0. The maximum atomic E-state index is 15.4. The van der Waals surface area contributed by atoms with E-state index in [1.54, 1.807) is 54.6 Å². The number of nitrogens with one attached hydrogen (secondary N) is 15. The Bertz CT molecular complexity index is 4680. The lowest BCUT2D eigenvalue weighted by molar-refractivity contribution is -0.143. The molecule has 127 heavy (non-hydrogen) atoms. The van der Waals surface area contributed by atoms with Crippen molar-refractivity contribution in [3.8, 4) is 11.5 Å². The number of unbranched alkanes of at least 4 members (excludes halogenated alkanes) is 1. The molecule has 1 saturated heterocycles. The van der Waals surface area contributed by atoms with Gasteiger partial charge in [0.05, 0.1) is 19.2 Å². The Morgan fingerprint density at radius 3 is 1.39 bits per heavy atom. The fraction of sp³-hybridized carbons (Fsp3) is 0.470. The molecule has 1 fully saturated rings. The van der Waals surface area contributed by atoms with Crippen LogP contribution in [0, 0.1) is 5.92 Å². The summed E-state index contributed by atoms with van der Waals surface area (Å²) in [5.74, 6) is -20.8. The van der Waals surface area contributed by atoms with E-state index < -0.39 is 260 Å². The fourth-order valence-electron chi connectivity index (χ4n) is 13.3. The molecule has 1 aromatic heterocycles. The fourth-order valence-corrected chi connectivity index (χ4v) is 13.9. The van der Waals surface area contributed by atoms with Crippen molar-refractivity contribution in [3.63, 3.8) is 0 Å². The van der Waals surface area contributed by atoms with Crippen LogP contribution in [0.3, 0.4) is 0 Å². The molecule has 0 unspecified atom stereocenters. The number of phenolic OH excluding ortho intramolecular Hbond substituents is 2. The van der Waals surface area contributed by atoms with Crippen molar-refractivity contribution >= 4 is 143 Å². The molecule has 0 saturated carbocycles. The molecule has 4 aromatic carbocycles. The van der Waals surface area contributed by atoms with Crippen LogP contribution in [0.15, 0.2) is 109 Å². The number of aliphatic carboxylic acids is 3. The first kappa shape index (κ1) is 103. The SMILES string of the molecule is CC(C)[C@H](NC(=O)[C@H](C)NC(=O)[C@H](CS)NC(=O)[C@H](CCC(=O)O)NC(=O)[C@H](Cc1c[nH]c2ccccc12)NC(=O)[C@H](Cc1ccc(O)cc1)NC(=O)[C@H](Cc1ccccc1)NC(=O)[C@H](Cc1ccc(O)cc1)NC(=O)[C@H](CS)NC(=O)[C@@H]1CCCN1C(=O)[C@H](CCC(=O)O)NC(=O)[C@H](CCCCN)NC(=O)CNC(=O)[C@H](C)N)C(=O)N[C@@H](CO)C(=O)NCC(=O)O. The minimum Gasteiger partial charge on any atom is -0.508 e. The molecular weight excluding hydrogens is 1700 g/mol. The van der Waals surface area contributed by atoms with Crippen molar-refractivity contribution < 1.29 is 117 Å². The highest BCUT2D eigenvalue weighted by Gasteiger charge is 2.42. The second-order valence-electron chi connectivity index (χ2n) is 30.6. The summed E-state index contributed by atoms with van der Waals surface area (Å²) < 4.78 is 0. The van der Waals surface area contributed by atoms with Gasteiger partial charge in [-0.15, -0.1) is 0 Å². The molecule has 5 aromatic rings. The molecule has 25 N–H and O–H groups in total. The van der Waals surface area contributed by atoms with Gasteiger partial charge in [0, 0.05) is 73.7 Å². The quantitative estimate of drug-likeness (QED) is 0.0129. The van der Waals surface area contributed by atoms with Crippen LogP contribution in [-0.4, -0.2) is 276 Å². The maximum absolute atomic E-state index is 15.4. The highest BCUT2D eigenvalue weighted by atomic mass is 32.1. The normalized spacial score (nSPS) is 15.4. The molecular formula is C83H112N18O24S2. The first-order valence-corrected chi connectivity index (χ1v) is 42.2. The largest absolute Gasteiger partial charge is 0.508 e. The Morgan fingerprint density at radius 1 is 0.449 bits per heavy atom. The van der Waals surface area contributed by atoms with Crippen LogP contribution in [0.1, 0.15) is 108 Å². The van der Waals surface area contributed by atoms with Gasteiger partial charge in [-0.25, -0.2) is 0 Å². The number of carboxylic acids is 3. The zero-order valence-corrected chi connectivity index (χ0v) is 72.0. The number of carboxylic acid groups (broad SMARTS) is 3. The van der Waals surface area contributed by atoms with Gasteiger partial charge in [0.25, 0.3) is 0 Å². The Balaban J connectivity index is 1.27. The number of aliphatic hydroxyl groups is 1. The summed E-state index contributed by atoms with van der Waals surface area (Å²) in [6, 6.07) is 4.37. The number of para-hydroxylation sites is 1. The molecule has 0 radical (unpaired) electrons. The molecule has 690 valence electrons. The zero-order chi connectivity index (χ0) is 93.7. The number of aliphatic hydroxyl groups excluding tert-OH is 1. The van der Waals surface area contributed by atoms with Crippen LogP contribution >= 0.6 is 25.3 Å². The van der Waals surface area contributed by atoms with Gasteiger partial charge in [0.1, 0.15) is 96.6 Å². The summed E-state index contributed by atoms with van der Waals surface area (Å²) in [5, 5.41) is 94.4. The van der Waals surface area contributed by atoms with Gasteiger partial charge < -0.3 is 126 Å². The molecule has 1 aliphatic heterocycles. The number of carbonyl (C=O) groups is 18. The number of nitrogens with two attached hydrogens (primary N) is 2. The van der Waals surface area contributed by atoms with Crippen LogP contribution in [0.25, 0.3) is 10.9 Å². The molecule has 1 aliphatic rings. The number of aromatic hydroxyl groups is 2. The number of fused-ring (bicyclic) bond motifs is 1. The van der Waals surface area contributed by atoms with E-state index in [-0.39, 0.29) is 63.1 Å². The average Bonchev–Trinajstić information content (AvgIpc) is 1.68. The van der Waals surface area contributed by atoms with Crippen molar-refractivity contribution in [1.82, 2.24) is 84.3 Å². The number of benzene rings is 4. The molecule has 0 bridgehead atoms. The number of likely N-dealkylation sites (tertiary alicyclic amines) is 1. The summed E-state index contributed by atoms with van der Waals surface area (Å²) in [4.78, 5) is 251. The monoisotopic (exact) mass is 1810 g/mol. The lowest BCUT2D eigenvalue weighted by Crippen LogP contribution is -2.62. The van der Waals surface area contributed by atoms with E-state index in [2.05, 4.69) is 99.4 Å². The number of rotatable bonds is 52. The number of thiol groups is 2. The highest BCUT2D eigenvalue weighted by Crippen LogP contribution is 2.24. The molecule has 2 heterocycles. The van der Waals surface area contributed by atoms with Gasteiger partial charge >= 0.3 is 17.9 Å². The number of hydrogen-bond donors (Lipinski definition) is 25. The number of aromatic nitrogens is 1. The molecule has 6 rings (SSSR count). The minimum atomic E-state index is -1.82. The van der Waals surface area contributed by atoms with Gasteiger partial charge in [0.2, 0.25) is 88.6 Å². The smallest absolute Gasteiger partial charge is 0.322 e. The van der Waals surface area contributed by atoms with Crippen molar-refractivity contribution in [2.24, 2.45) is 17.4 Å². The second-order valence-corrected chi connectivity index (χ2v) is 31.4. The van der Waals surface area contributed by atoms with E-state index in [4.69, 9.17) is 16.6 Å². The Labute approximate surface area is 740 Å². The van der Waals surface area contributed by atoms with Gasteiger partial charge in [-0.2, -0.15) is 25.3 Å². The van der Waals surface area contributed by atoms with Gasteiger partial charge in [-0.05, 0) is 124 Å². The van der Waals surface area contributed by atoms with Crippen LogP contribution in [0.4, 0.5) is 0 Å². The predicted molar refractivity (Wildman–Crippen MR) is 463 cm³/mol. The number of nitrogens with zero attached hydrogens (tertiary/aromatic N) is 1. The predicted octanol–water partition coefficient (Wildman–Crippen LogP) is -4.29. The summed E-state index contributed by atoms with van der Waals surface area (Å²) >= 11 is 8.62. The molecule has 14 atom stereocenters. The van der Waals surface area contributed by atoms with Gasteiger partial charge in [0.15, 0.2) is 0 Å². The average molecular weight is 1810 g/mol. The number of aromatic amines is 1. The summed E-state index contributed by atoms with van der Waals surface area (Å²) in [5.41, 5.74) is 13.4. The topological polar surface area (TPSA) is 668 Å². The molecule has 42 nitrogen and oxygen atoms in total. The molecule has 15 amide bonds. The molecule has 0 spiro atoms. The number of amides is 15. The summed E-state index contributed by atoms with van der Waals surface area (Å²) in [6.45, 7) is 3.41. The van der Waals surface area contributed by atoms with Gasteiger partial charge in [-0.3, -0.25) is 86.3 Å². The standard InChI is InChI=1S/C83H112N18O24S2/c1-43(2)69(82(124)97-61(40-102)72(114)88-39-68(110)111)100-71(113)45(4)89-79(121)62(41-126)98-74(116)55(27-29-66(106)107)91-78(120)60(36-49-37-86-53-16-9-8-15-52(49)53)96-77(119)58(34-47-19-23-50(103)24-20-47)94-75(117)57(33-46-13-6-5-7-14-46)93-76(118)59(35-48-21-25-51(104)26-22-48)95-80(122)63(42-127)99-81(123)64-18-12-32-101(64)83(125)56(28-30-67(108)109)92-73(115)54(17-10-11-31-84)90-65(105)38-87-70(112)44(3)85/h5-9,13-16,19-26,37,43-45,54-64,69,86,102-104,126-127H,10-12,17-18,27-36,38-42,84-85H2,1-4H3,(H,87,112)(H,88,114)(H,89,121)(H,90,105)(H,91,120)(H,92,115)(H,93,118)(H,94,117)(H,95,122)(H,96,119)(H,97,124)(H,98,116)(H,99,123)(H,100,113)(H,106,107)(H,108,109)(H,110,111)/t44-,45-,54-,55-,56-,57-,58-,59-,60-,61-,62-,63-,64-,69-/m0/s1. The second kappa shape index (κ2) is 51.5. The lowest BCUT2D eigenvalue weighted by Gasteiger charge is -2.31. The molecule has 44 heteroatoms. The third-order valence-corrected chi connectivity index (χ3v) is 21.1. The van der Waals surface area contributed by atoms with Crippen LogP contribution in [0.5, 0.6) is 11.5 Å². The van der Waals surface area contributed by atoms with E-state index in [1.807, 2.05) is 5.32 Å². The third-order valence-electron chi connectivity index (χ3n) is 20.3. The maximum Gasteiger partial charge on any atom is 0.322 e. The number of carbonyl (C=O) groups excluding carboxylic acids is 15. The Morgan fingerprint density at radius 2 is 0.890 bits per heavy atom. The lowest BCUT2D eigenvalue weighted by atomic mass is 9.99. The number of phenols is 2. The summed E-state index contributed by atoms with van der Waals surface area (Å²) in [6.07, 6.45) is -1.49. The highest BCUT2D eigenvalue weighted by molar-refractivity contribution is 7.80. The number of H-pyrrole nitrogens is 1. The van der Waals surface area contributed by atoms with E-state index in [0.717, 1.165) is 4.90 Å². The first-order chi connectivity index (χ1) is 60.3. The minimum absolute atomic E-state index is 0.00377. The third kappa shape index (κ3) is 33.5. The molecule has 0 aliphatic carbocycles.